The van der Waals surface area contributed by atoms with E-state index in [0.717, 1.165) is 36.8 Å². The molecule has 1 amide bonds. The van der Waals surface area contributed by atoms with Gasteiger partial charge in [-0.25, -0.2) is 9.37 Å². The Labute approximate surface area is 232 Å². The molecule has 1 fully saturated rings. The predicted molar refractivity (Wildman–Crippen MR) is 149 cm³/mol. The lowest BCUT2D eigenvalue weighted by Gasteiger charge is -2.25. The number of carbonyl (C=O) groups excluding carboxylic acids is 1. The number of hydrogen-bond donors (Lipinski definition) is 1. The van der Waals surface area contributed by atoms with Gasteiger partial charge >= 0.3 is 0 Å². The zero-order valence-corrected chi connectivity index (χ0v) is 22.7. The van der Waals surface area contributed by atoms with Gasteiger partial charge in [-0.15, -0.1) is 0 Å². The minimum atomic E-state index is -0.765. The lowest BCUT2D eigenvalue weighted by atomic mass is 9.95. The van der Waals surface area contributed by atoms with Crippen molar-refractivity contribution in [2.75, 3.05) is 14.2 Å². The van der Waals surface area contributed by atoms with Crippen LogP contribution in [0.4, 0.5) is 4.39 Å². The zero-order chi connectivity index (χ0) is 27.4. The molecule has 1 aliphatic carbocycles. The molecular weight excluding hydrogens is 517 g/mol. The van der Waals surface area contributed by atoms with Crippen molar-refractivity contribution in [1.29, 1.82) is 0 Å². The van der Waals surface area contributed by atoms with Crippen molar-refractivity contribution in [3.8, 4) is 17.1 Å². The van der Waals surface area contributed by atoms with Crippen LogP contribution in [-0.4, -0.2) is 35.7 Å². The normalized spacial score (nSPS) is 15.2. The van der Waals surface area contributed by atoms with E-state index in [4.69, 9.17) is 21.1 Å². The molecule has 1 aromatic heterocycles. The molecule has 0 spiro atoms. The summed E-state index contributed by atoms with van der Waals surface area (Å²) < 4.78 is 28.0. The van der Waals surface area contributed by atoms with E-state index < -0.39 is 18.0 Å². The van der Waals surface area contributed by atoms with Crippen LogP contribution in [-0.2, 0) is 9.53 Å². The summed E-state index contributed by atoms with van der Waals surface area (Å²) in [5, 5.41) is 3.14. The molecule has 2 atom stereocenters. The van der Waals surface area contributed by atoms with Gasteiger partial charge in [0.2, 0.25) is 5.91 Å². The number of amides is 1. The van der Waals surface area contributed by atoms with Gasteiger partial charge in [0.25, 0.3) is 0 Å². The first-order chi connectivity index (χ1) is 19.0. The molecule has 0 aliphatic heterocycles. The fraction of sp³-hybridized carbons (Fsp3) is 0.290. The molecule has 0 saturated heterocycles. The fourth-order valence-electron chi connectivity index (χ4n) is 5.37. The van der Waals surface area contributed by atoms with E-state index in [1.54, 1.807) is 37.2 Å². The molecule has 0 radical (unpaired) electrons. The minimum Gasteiger partial charge on any atom is -0.497 e. The number of ether oxygens (including phenoxy) is 2. The van der Waals surface area contributed by atoms with E-state index in [0.29, 0.717) is 22.7 Å². The van der Waals surface area contributed by atoms with E-state index in [1.807, 2.05) is 54.6 Å². The van der Waals surface area contributed by atoms with Crippen molar-refractivity contribution in [1.82, 2.24) is 14.9 Å². The van der Waals surface area contributed by atoms with Gasteiger partial charge in [-0.05, 0) is 47.7 Å². The van der Waals surface area contributed by atoms with Crippen molar-refractivity contribution in [3.05, 3.63) is 107 Å². The number of nitrogens with one attached hydrogen (secondary N) is 1. The van der Waals surface area contributed by atoms with Crippen LogP contribution in [0.25, 0.3) is 11.4 Å². The van der Waals surface area contributed by atoms with Gasteiger partial charge in [0.05, 0.1) is 12.1 Å². The topological polar surface area (TPSA) is 65.4 Å². The van der Waals surface area contributed by atoms with Crippen LogP contribution in [0.3, 0.4) is 0 Å². The number of aromatic nitrogens is 2. The second-order valence-corrected chi connectivity index (χ2v) is 10.1. The van der Waals surface area contributed by atoms with Gasteiger partial charge in [-0.1, -0.05) is 73.0 Å². The molecular formula is C31H31ClFN3O3. The minimum absolute atomic E-state index is 0.0809. The number of rotatable bonds is 9. The molecule has 1 N–H and O–H groups in total. The van der Waals surface area contributed by atoms with Crippen LogP contribution < -0.4 is 10.1 Å². The Kier molecular flexibility index (Phi) is 8.29. The van der Waals surface area contributed by atoms with Gasteiger partial charge in [-0.3, -0.25) is 4.79 Å². The van der Waals surface area contributed by atoms with Crippen molar-refractivity contribution >= 4 is 17.5 Å². The van der Waals surface area contributed by atoms with Crippen LogP contribution in [0.2, 0.25) is 5.02 Å². The van der Waals surface area contributed by atoms with Gasteiger partial charge in [0.1, 0.15) is 29.5 Å². The highest BCUT2D eigenvalue weighted by Gasteiger charge is 2.31. The summed E-state index contributed by atoms with van der Waals surface area (Å²) in [6.45, 7) is 0. The number of benzene rings is 3. The maximum Gasteiger partial charge on any atom is 0.247 e. The maximum atomic E-state index is 15.0. The molecule has 5 rings (SSSR count). The smallest absolute Gasteiger partial charge is 0.247 e. The molecule has 6 nitrogen and oxygen atoms in total. The Balaban J connectivity index is 1.65. The number of carbonyl (C=O) groups is 1. The Bertz CT molecular complexity index is 1420. The first-order valence-electron chi connectivity index (χ1n) is 13.0. The van der Waals surface area contributed by atoms with Gasteiger partial charge in [-0.2, -0.15) is 0 Å². The summed E-state index contributed by atoms with van der Waals surface area (Å²) in [5.41, 5.74) is 2.65. The van der Waals surface area contributed by atoms with Crippen LogP contribution in [0.15, 0.2) is 79.1 Å². The van der Waals surface area contributed by atoms with Crippen LogP contribution in [0.5, 0.6) is 5.75 Å². The Hall–Kier alpha value is -3.68. The van der Waals surface area contributed by atoms with Crippen LogP contribution >= 0.6 is 11.6 Å². The first kappa shape index (κ1) is 26.9. The molecule has 0 bridgehead atoms. The summed E-state index contributed by atoms with van der Waals surface area (Å²) >= 11 is 6.66. The van der Waals surface area contributed by atoms with Crippen LogP contribution in [0.1, 0.15) is 54.5 Å². The lowest BCUT2D eigenvalue weighted by Crippen LogP contribution is -2.39. The number of hydrogen-bond acceptors (Lipinski definition) is 4. The number of imidazole rings is 1. The van der Waals surface area contributed by atoms with E-state index in [9.17, 15) is 9.18 Å². The fourth-order valence-corrected chi connectivity index (χ4v) is 5.63. The first-order valence-corrected chi connectivity index (χ1v) is 13.4. The van der Waals surface area contributed by atoms with E-state index >= 15 is 0 Å². The number of halogens is 2. The molecule has 39 heavy (non-hydrogen) atoms. The molecule has 4 aromatic rings. The average Bonchev–Trinajstić information content (AvgIpc) is 3.65. The number of nitrogens with zero attached hydrogens (tertiary/aromatic N) is 2. The molecule has 8 heteroatoms. The van der Waals surface area contributed by atoms with Crippen molar-refractivity contribution < 1.29 is 18.7 Å². The third kappa shape index (κ3) is 5.56. The Morgan fingerprint density at radius 2 is 1.74 bits per heavy atom. The SMILES string of the molecule is COc1ccc(C(C(=O)NC2CCCC2)n2ccnc2-c2c(C(OC)c3ccccc3)ccc(F)c2Cl)cc1. The standard InChI is InChI=1S/C31H31ClFN3O3/c1-38-23-14-12-20(13-15-23)28(31(37)35-22-10-6-7-11-22)36-19-18-34-30(36)26-24(16-17-25(33)27(26)32)29(39-2)21-8-4-3-5-9-21/h3-5,8-9,12-19,22,28-29H,6-7,10-11H2,1-2H3,(H,35,37). The Morgan fingerprint density at radius 1 is 1.03 bits per heavy atom. The summed E-state index contributed by atoms with van der Waals surface area (Å²) in [4.78, 5) is 18.5. The van der Waals surface area contributed by atoms with Gasteiger partial charge in [0.15, 0.2) is 0 Å². The van der Waals surface area contributed by atoms with Crippen molar-refractivity contribution in [3.63, 3.8) is 0 Å². The Morgan fingerprint density at radius 3 is 2.41 bits per heavy atom. The highest BCUT2D eigenvalue weighted by molar-refractivity contribution is 6.33. The van der Waals surface area contributed by atoms with Crippen molar-refractivity contribution in [2.24, 2.45) is 0 Å². The summed E-state index contributed by atoms with van der Waals surface area (Å²) in [6, 6.07) is 19.3. The molecule has 1 saturated carbocycles. The van der Waals surface area contributed by atoms with E-state index in [-0.39, 0.29) is 17.0 Å². The number of methoxy groups -OCH3 is 2. The van der Waals surface area contributed by atoms with Crippen molar-refractivity contribution in [2.45, 2.75) is 43.9 Å². The third-order valence-electron chi connectivity index (χ3n) is 7.30. The molecule has 2 unspecified atom stereocenters. The lowest BCUT2D eigenvalue weighted by molar-refractivity contribution is -0.123. The largest absolute Gasteiger partial charge is 0.497 e. The van der Waals surface area contributed by atoms with Gasteiger partial charge in [0, 0.05) is 31.1 Å². The molecule has 1 heterocycles. The highest BCUT2D eigenvalue weighted by atomic mass is 35.5. The van der Waals surface area contributed by atoms with Gasteiger partial charge < -0.3 is 19.4 Å². The monoisotopic (exact) mass is 547 g/mol. The second-order valence-electron chi connectivity index (χ2n) is 9.68. The second kappa shape index (κ2) is 12.0. The summed E-state index contributed by atoms with van der Waals surface area (Å²) in [6.07, 6.45) is 6.88. The molecule has 1 aliphatic rings. The molecule has 3 aromatic carbocycles. The summed E-state index contributed by atoms with van der Waals surface area (Å²) in [7, 11) is 3.19. The highest BCUT2D eigenvalue weighted by Crippen LogP contribution is 2.40. The predicted octanol–water partition coefficient (Wildman–Crippen LogP) is 6.74. The average molecular weight is 548 g/mol. The maximum absolute atomic E-state index is 15.0. The van der Waals surface area contributed by atoms with E-state index in [1.165, 1.54) is 6.07 Å². The zero-order valence-electron chi connectivity index (χ0n) is 21.9. The van der Waals surface area contributed by atoms with E-state index in [2.05, 4.69) is 10.3 Å². The molecule has 202 valence electrons. The summed E-state index contributed by atoms with van der Waals surface area (Å²) in [5.74, 6) is 0.312. The van der Waals surface area contributed by atoms with Crippen LogP contribution in [0, 0.1) is 5.82 Å². The quantitative estimate of drug-likeness (QED) is 0.252. The third-order valence-corrected chi connectivity index (χ3v) is 7.67.